The summed E-state index contributed by atoms with van der Waals surface area (Å²) in [5, 5.41) is 0. The van der Waals surface area contributed by atoms with Gasteiger partial charge in [-0.15, -0.1) is 0 Å². The Kier molecular flexibility index (Phi) is 4.13. The Morgan fingerprint density at radius 3 is 2.38 bits per heavy atom. The van der Waals surface area contributed by atoms with Crippen LogP contribution in [0.3, 0.4) is 0 Å². The highest BCUT2D eigenvalue weighted by molar-refractivity contribution is 5.96. The third kappa shape index (κ3) is 2.77. The van der Waals surface area contributed by atoms with Crippen molar-refractivity contribution in [2.75, 3.05) is 0 Å². The molecule has 26 heavy (non-hydrogen) atoms. The summed E-state index contributed by atoms with van der Waals surface area (Å²) in [5.74, 6) is -2.54. The average Bonchev–Trinajstić information content (AvgIpc) is 2.75. The smallest absolute Gasteiger partial charge is 0.365 e. The second-order valence-corrected chi connectivity index (χ2v) is 7.47. The van der Waals surface area contributed by atoms with Crippen molar-refractivity contribution in [1.82, 2.24) is 0 Å². The van der Waals surface area contributed by atoms with Gasteiger partial charge in [0.2, 0.25) is 0 Å². The van der Waals surface area contributed by atoms with Gasteiger partial charge < -0.3 is 5.73 Å². The van der Waals surface area contributed by atoms with Gasteiger partial charge in [-0.1, -0.05) is 45.0 Å². The first-order chi connectivity index (χ1) is 11.9. The number of fused-ring (bicyclic) bond motifs is 1. The predicted molar refractivity (Wildman–Crippen MR) is 91.4 cm³/mol. The average molecular weight is 365 g/mol. The van der Waals surface area contributed by atoms with Crippen LogP contribution in [-0.4, -0.2) is 5.91 Å². The van der Waals surface area contributed by atoms with E-state index >= 15 is 0 Å². The Hall–Kier alpha value is -2.37. The largest absolute Gasteiger partial charge is 0.417 e. The minimum atomic E-state index is -4.86. The summed E-state index contributed by atoms with van der Waals surface area (Å²) in [6.07, 6.45) is -4.01. The molecule has 0 aromatic heterocycles. The lowest BCUT2D eigenvalue weighted by molar-refractivity contribution is -0.138. The number of nitrogens with two attached hydrogens (primary N) is 1. The van der Waals surface area contributed by atoms with Crippen LogP contribution in [0.2, 0.25) is 0 Å². The second-order valence-electron chi connectivity index (χ2n) is 7.47. The Labute approximate surface area is 149 Å². The summed E-state index contributed by atoms with van der Waals surface area (Å²) < 4.78 is 54.4. The molecule has 2 nitrogen and oxygen atoms in total. The number of hydrogen-bond acceptors (Lipinski definition) is 1. The van der Waals surface area contributed by atoms with Crippen molar-refractivity contribution in [3.63, 3.8) is 0 Å². The van der Waals surface area contributed by atoms with Crippen molar-refractivity contribution in [2.24, 2.45) is 5.73 Å². The highest BCUT2D eigenvalue weighted by Gasteiger charge is 2.39. The third-order valence-electron chi connectivity index (χ3n) is 5.13. The van der Waals surface area contributed by atoms with Gasteiger partial charge in [-0.05, 0) is 40.5 Å². The van der Waals surface area contributed by atoms with Crippen molar-refractivity contribution in [3.8, 4) is 11.1 Å². The van der Waals surface area contributed by atoms with Gasteiger partial charge in [-0.25, -0.2) is 4.39 Å². The highest BCUT2D eigenvalue weighted by atomic mass is 19.4. The van der Waals surface area contributed by atoms with Crippen LogP contribution in [-0.2, 0) is 11.6 Å². The van der Waals surface area contributed by atoms with Crippen molar-refractivity contribution in [3.05, 3.63) is 58.4 Å². The fourth-order valence-corrected chi connectivity index (χ4v) is 4.16. The quantitative estimate of drug-likeness (QED) is 0.712. The van der Waals surface area contributed by atoms with Crippen LogP contribution in [0.25, 0.3) is 11.1 Å². The van der Waals surface area contributed by atoms with E-state index in [0.717, 1.165) is 29.7 Å². The van der Waals surface area contributed by atoms with E-state index in [0.29, 0.717) is 5.56 Å². The fraction of sp³-hybridized carbons (Fsp3) is 0.350. The molecule has 2 aromatic carbocycles. The zero-order valence-electron chi connectivity index (χ0n) is 14.7. The molecule has 138 valence electrons. The SMILES string of the molecule is CC1CC(C)(C)c2cccc(-c3ccc(C(F)(F)F)c(C(N)=O)c3F)c21. The number of alkyl halides is 3. The number of amides is 1. The Morgan fingerprint density at radius 2 is 1.81 bits per heavy atom. The molecular formula is C20H19F4NO. The molecule has 0 fully saturated rings. The molecule has 1 atom stereocenters. The third-order valence-corrected chi connectivity index (χ3v) is 5.13. The molecule has 3 rings (SSSR count). The summed E-state index contributed by atoms with van der Waals surface area (Å²) in [7, 11) is 0. The monoisotopic (exact) mass is 365 g/mol. The van der Waals surface area contributed by atoms with Gasteiger partial charge in [0, 0.05) is 5.56 Å². The first-order valence-electron chi connectivity index (χ1n) is 8.28. The van der Waals surface area contributed by atoms with E-state index in [-0.39, 0.29) is 16.9 Å². The second kappa shape index (κ2) is 5.83. The molecule has 1 unspecified atom stereocenters. The van der Waals surface area contributed by atoms with E-state index < -0.39 is 29.0 Å². The van der Waals surface area contributed by atoms with Gasteiger partial charge in [-0.3, -0.25) is 4.79 Å². The number of primary amides is 1. The summed E-state index contributed by atoms with van der Waals surface area (Å²) in [6.45, 7) is 6.17. The molecule has 0 aliphatic heterocycles. The zero-order chi connectivity index (χ0) is 19.4. The minimum Gasteiger partial charge on any atom is -0.365 e. The number of carbonyl (C=O) groups excluding carboxylic acids is 1. The fourth-order valence-electron chi connectivity index (χ4n) is 4.16. The normalized spacial score (nSPS) is 18.7. The summed E-state index contributed by atoms with van der Waals surface area (Å²) in [4.78, 5) is 11.6. The highest BCUT2D eigenvalue weighted by Crippen LogP contribution is 2.49. The van der Waals surface area contributed by atoms with Gasteiger partial charge in [-0.2, -0.15) is 13.2 Å². The van der Waals surface area contributed by atoms with Crippen LogP contribution >= 0.6 is 0 Å². The Morgan fingerprint density at radius 1 is 1.15 bits per heavy atom. The maximum absolute atomic E-state index is 15.0. The predicted octanol–water partition coefficient (Wildman–Crippen LogP) is 5.40. The molecule has 2 aromatic rings. The molecule has 1 amide bonds. The first-order valence-corrected chi connectivity index (χ1v) is 8.28. The summed E-state index contributed by atoms with van der Waals surface area (Å²) >= 11 is 0. The summed E-state index contributed by atoms with van der Waals surface area (Å²) in [6, 6.07) is 7.20. The van der Waals surface area contributed by atoms with Crippen molar-refractivity contribution < 1.29 is 22.4 Å². The van der Waals surface area contributed by atoms with E-state index in [9.17, 15) is 22.4 Å². The zero-order valence-corrected chi connectivity index (χ0v) is 14.7. The maximum atomic E-state index is 15.0. The molecule has 0 saturated carbocycles. The molecule has 1 aliphatic rings. The number of carbonyl (C=O) groups is 1. The molecule has 0 bridgehead atoms. The van der Waals surface area contributed by atoms with Gasteiger partial charge >= 0.3 is 6.18 Å². The van der Waals surface area contributed by atoms with Gasteiger partial charge in [0.15, 0.2) is 0 Å². The van der Waals surface area contributed by atoms with E-state index in [2.05, 4.69) is 13.8 Å². The molecule has 1 aliphatic carbocycles. The standard InChI is InChI=1S/C20H19F4NO/c1-10-9-19(2,3)13-6-4-5-11(15(10)13)12-7-8-14(20(22,23)24)16(17(12)21)18(25)26/h4-8,10H,9H2,1-3H3,(H2,25,26). The Bertz CT molecular complexity index is 899. The van der Waals surface area contributed by atoms with Crippen LogP contribution in [0.5, 0.6) is 0 Å². The van der Waals surface area contributed by atoms with Crippen LogP contribution in [0.1, 0.15) is 60.2 Å². The van der Waals surface area contributed by atoms with Crippen LogP contribution in [0, 0.1) is 5.82 Å². The molecular weight excluding hydrogens is 346 g/mol. The molecule has 6 heteroatoms. The van der Waals surface area contributed by atoms with Gasteiger partial charge in [0.1, 0.15) is 5.82 Å². The van der Waals surface area contributed by atoms with E-state index in [4.69, 9.17) is 5.73 Å². The van der Waals surface area contributed by atoms with Crippen molar-refractivity contribution >= 4 is 5.91 Å². The number of hydrogen-bond donors (Lipinski definition) is 1. The molecule has 0 radical (unpaired) electrons. The lowest BCUT2D eigenvalue weighted by Gasteiger charge is -2.20. The van der Waals surface area contributed by atoms with Gasteiger partial charge in [0.25, 0.3) is 5.91 Å². The Balaban J connectivity index is 2.30. The van der Waals surface area contributed by atoms with Crippen LogP contribution in [0.15, 0.2) is 30.3 Å². The molecule has 0 spiro atoms. The maximum Gasteiger partial charge on any atom is 0.417 e. The van der Waals surface area contributed by atoms with E-state index in [1.807, 2.05) is 13.0 Å². The number of benzene rings is 2. The van der Waals surface area contributed by atoms with E-state index in [1.165, 1.54) is 0 Å². The number of halogens is 4. The van der Waals surface area contributed by atoms with Crippen LogP contribution in [0.4, 0.5) is 17.6 Å². The number of rotatable bonds is 2. The topological polar surface area (TPSA) is 43.1 Å². The lowest BCUT2D eigenvalue weighted by atomic mass is 9.85. The molecule has 2 N–H and O–H groups in total. The van der Waals surface area contributed by atoms with E-state index in [1.54, 1.807) is 12.1 Å². The molecule has 0 saturated heterocycles. The van der Waals surface area contributed by atoms with Crippen LogP contribution < -0.4 is 5.73 Å². The van der Waals surface area contributed by atoms with Crippen molar-refractivity contribution in [2.45, 2.75) is 44.7 Å². The first kappa shape index (κ1) is 18.4. The van der Waals surface area contributed by atoms with Crippen molar-refractivity contribution in [1.29, 1.82) is 0 Å². The molecule has 0 heterocycles. The summed E-state index contributed by atoms with van der Waals surface area (Å²) in [5.41, 5.74) is 4.91. The van der Waals surface area contributed by atoms with Gasteiger partial charge in [0.05, 0.1) is 11.1 Å². The minimum absolute atomic E-state index is 0.0341. The lowest BCUT2D eigenvalue weighted by Crippen LogP contribution is -2.21.